The van der Waals surface area contributed by atoms with Crippen molar-refractivity contribution >= 4 is 23.5 Å². The molecule has 0 spiro atoms. The Bertz CT molecular complexity index is 1010. The van der Waals surface area contributed by atoms with Crippen LogP contribution in [0.25, 0.3) is 0 Å². The van der Waals surface area contributed by atoms with Crippen molar-refractivity contribution in [3.05, 3.63) is 46.7 Å². The van der Waals surface area contributed by atoms with Gasteiger partial charge in [-0.3, -0.25) is 9.58 Å². The van der Waals surface area contributed by atoms with Crippen LogP contribution in [0, 0.1) is 0 Å². The first kappa shape index (κ1) is 33.0. The van der Waals surface area contributed by atoms with Gasteiger partial charge in [0.05, 0.1) is 18.5 Å². The predicted octanol–water partition coefficient (Wildman–Crippen LogP) is 4.35. The van der Waals surface area contributed by atoms with Gasteiger partial charge >= 0.3 is 24.3 Å². The van der Waals surface area contributed by atoms with Gasteiger partial charge in [0.15, 0.2) is 0 Å². The maximum absolute atomic E-state index is 10.6. The summed E-state index contributed by atoms with van der Waals surface area (Å²) in [5.41, 5.74) is 2.60. The molecular weight excluding hydrogens is 552 g/mol. The molecule has 0 bridgehead atoms. The molecule has 1 unspecified atom stereocenters. The first-order valence-electron chi connectivity index (χ1n) is 10.9. The molecule has 3 rings (SSSR count). The van der Waals surface area contributed by atoms with Crippen LogP contribution in [0.1, 0.15) is 24.1 Å². The number of fused-ring (bicyclic) bond motifs is 1. The Morgan fingerprint density at radius 1 is 1.08 bits per heavy atom. The SMILES string of the molecule is CCOCC1CN(CCOc2ccc(Cl)cc2)Cc2c1cnn2C.O=C(O)C(F)(F)F.O=C(O)C(F)(F)F. The molecule has 1 aliphatic heterocycles. The summed E-state index contributed by atoms with van der Waals surface area (Å²) in [5, 5.41) is 19.4. The van der Waals surface area contributed by atoms with Crippen LogP contribution in [0.5, 0.6) is 5.75 Å². The number of aliphatic carboxylic acids is 2. The molecule has 0 fully saturated rings. The van der Waals surface area contributed by atoms with Crippen molar-refractivity contribution in [1.29, 1.82) is 0 Å². The highest BCUT2D eigenvalue weighted by Crippen LogP contribution is 2.28. The number of hydrogen-bond donors (Lipinski definition) is 2. The smallest absolute Gasteiger partial charge is 0.490 e. The lowest BCUT2D eigenvalue weighted by atomic mass is 9.95. The summed E-state index contributed by atoms with van der Waals surface area (Å²) in [6.07, 6.45) is -8.18. The zero-order valence-corrected chi connectivity index (χ0v) is 21.0. The molecule has 2 aromatic rings. The fourth-order valence-corrected chi connectivity index (χ4v) is 3.22. The number of ether oxygens (including phenoxy) is 2. The second-order valence-electron chi connectivity index (χ2n) is 7.67. The lowest BCUT2D eigenvalue weighted by Crippen LogP contribution is -2.38. The average Bonchev–Trinajstić information content (AvgIpc) is 3.19. The summed E-state index contributed by atoms with van der Waals surface area (Å²) < 4.78 is 76.9. The summed E-state index contributed by atoms with van der Waals surface area (Å²) >= 11 is 5.89. The average molecular weight is 578 g/mol. The monoisotopic (exact) mass is 577 g/mol. The standard InChI is InChI=1S/C18H24ClN3O2.2C2HF3O2/c1-3-23-13-14-11-22(12-18-17(14)10-20-21(18)2)8-9-24-16-6-4-15(19)5-7-16;2*3-2(4,5)1(6)7/h4-7,10,14H,3,8-9,11-13H2,1-2H3;2*(H,6,7). The van der Waals surface area contributed by atoms with Crippen molar-refractivity contribution in [2.75, 3.05) is 32.9 Å². The zero-order valence-electron chi connectivity index (χ0n) is 20.2. The Balaban J connectivity index is 0.000000426. The number of benzene rings is 1. The molecule has 1 aromatic heterocycles. The number of aryl methyl sites for hydroxylation is 1. The number of alkyl halides is 6. The van der Waals surface area contributed by atoms with Crippen LogP contribution in [0.2, 0.25) is 5.02 Å². The Labute approximate surface area is 218 Å². The van der Waals surface area contributed by atoms with E-state index in [4.69, 9.17) is 40.9 Å². The lowest BCUT2D eigenvalue weighted by molar-refractivity contribution is -0.193. The number of nitrogens with zero attached hydrogens (tertiary/aromatic N) is 3. The van der Waals surface area contributed by atoms with E-state index >= 15 is 0 Å². The number of aromatic nitrogens is 2. The van der Waals surface area contributed by atoms with E-state index in [1.165, 1.54) is 11.3 Å². The van der Waals surface area contributed by atoms with Crippen LogP contribution in [0.4, 0.5) is 26.3 Å². The predicted molar refractivity (Wildman–Crippen MR) is 122 cm³/mol. The number of carboxylic acid groups (broad SMARTS) is 2. The van der Waals surface area contributed by atoms with Gasteiger partial charge in [-0.1, -0.05) is 11.6 Å². The Kier molecular flexibility index (Phi) is 12.8. The number of halogens is 7. The van der Waals surface area contributed by atoms with E-state index in [0.29, 0.717) is 12.5 Å². The van der Waals surface area contributed by atoms with Crippen molar-refractivity contribution in [3.8, 4) is 5.75 Å². The van der Waals surface area contributed by atoms with E-state index < -0.39 is 24.3 Å². The molecule has 1 aromatic carbocycles. The second-order valence-corrected chi connectivity index (χ2v) is 8.11. The fraction of sp³-hybridized carbons (Fsp3) is 0.500. The molecule has 0 saturated carbocycles. The van der Waals surface area contributed by atoms with Crippen LogP contribution >= 0.6 is 11.6 Å². The minimum absolute atomic E-state index is 0.373. The first-order valence-corrected chi connectivity index (χ1v) is 11.2. The molecule has 0 saturated heterocycles. The molecular formula is C22H26ClF6N3O6. The molecule has 2 heterocycles. The normalized spacial score (nSPS) is 15.3. The number of carboxylic acids is 2. The minimum atomic E-state index is -5.08. The van der Waals surface area contributed by atoms with Crippen molar-refractivity contribution in [2.24, 2.45) is 7.05 Å². The van der Waals surface area contributed by atoms with E-state index in [9.17, 15) is 26.3 Å². The van der Waals surface area contributed by atoms with Crippen molar-refractivity contribution in [2.45, 2.75) is 31.7 Å². The Morgan fingerprint density at radius 2 is 1.61 bits per heavy atom. The maximum Gasteiger partial charge on any atom is 0.490 e. The Hall–Kier alpha value is -3.04. The lowest BCUT2D eigenvalue weighted by Gasteiger charge is -2.32. The second kappa shape index (κ2) is 14.8. The van der Waals surface area contributed by atoms with Gasteiger partial charge in [0, 0.05) is 49.8 Å². The van der Waals surface area contributed by atoms with E-state index in [1.807, 2.05) is 49.1 Å². The molecule has 1 aliphatic rings. The molecule has 0 aliphatic carbocycles. The summed E-state index contributed by atoms with van der Waals surface area (Å²) in [6.45, 7) is 6.91. The van der Waals surface area contributed by atoms with Crippen molar-refractivity contribution in [3.63, 3.8) is 0 Å². The summed E-state index contributed by atoms with van der Waals surface area (Å²) in [6, 6.07) is 7.49. The van der Waals surface area contributed by atoms with Crippen molar-refractivity contribution in [1.82, 2.24) is 14.7 Å². The number of rotatable bonds is 7. The molecule has 0 amide bonds. The molecule has 2 N–H and O–H groups in total. The van der Waals surface area contributed by atoms with Crippen LogP contribution in [-0.2, 0) is 27.9 Å². The van der Waals surface area contributed by atoms with Crippen LogP contribution in [0.3, 0.4) is 0 Å². The van der Waals surface area contributed by atoms with E-state index in [2.05, 4.69) is 10.00 Å². The first-order chi connectivity index (χ1) is 17.6. The van der Waals surface area contributed by atoms with Gasteiger partial charge in [0.25, 0.3) is 0 Å². The topological polar surface area (TPSA) is 114 Å². The number of carbonyl (C=O) groups is 2. The van der Waals surface area contributed by atoms with Crippen LogP contribution in [0.15, 0.2) is 30.5 Å². The third kappa shape index (κ3) is 11.6. The summed E-state index contributed by atoms with van der Waals surface area (Å²) in [5.74, 6) is -4.29. The van der Waals surface area contributed by atoms with E-state index in [1.54, 1.807) is 0 Å². The summed E-state index contributed by atoms with van der Waals surface area (Å²) in [7, 11) is 2.00. The number of hydrogen-bond acceptors (Lipinski definition) is 6. The maximum atomic E-state index is 10.6. The van der Waals surface area contributed by atoms with Gasteiger partial charge in [0.1, 0.15) is 12.4 Å². The van der Waals surface area contributed by atoms with E-state index in [-0.39, 0.29) is 0 Å². The Morgan fingerprint density at radius 3 is 2.08 bits per heavy atom. The third-order valence-corrected chi connectivity index (χ3v) is 5.14. The zero-order chi connectivity index (χ0) is 29.1. The molecule has 1 atom stereocenters. The van der Waals surface area contributed by atoms with Crippen molar-refractivity contribution < 1.29 is 55.6 Å². The highest BCUT2D eigenvalue weighted by Gasteiger charge is 2.38. The highest BCUT2D eigenvalue weighted by atomic mass is 35.5. The van der Waals surface area contributed by atoms with Crippen LogP contribution in [-0.4, -0.2) is 82.1 Å². The highest BCUT2D eigenvalue weighted by molar-refractivity contribution is 6.30. The fourth-order valence-electron chi connectivity index (χ4n) is 3.10. The van der Waals surface area contributed by atoms with Gasteiger partial charge < -0.3 is 19.7 Å². The largest absolute Gasteiger partial charge is 0.492 e. The summed E-state index contributed by atoms with van der Waals surface area (Å²) in [4.78, 5) is 20.2. The molecule has 16 heteroatoms. The van der Waals surface area contributed by atoms with Gasteiger partial charge in [0.2, 0.25) is 0 Å². The van der Waals surface area contributed by atoms with Gasteiger partial charge in [-0.15, -0.1) is 0 Å². The van der Waals surface area contributed by atoms with E-state index in [0.717, 1.165) is 43.6 Å². The molecule has 214 valence electrons. The third-order valence-electron chi connectivity index (χ3n) is 4.88. The van der Waals surface area contributed by atoms with Gasteiger partial charge in [-0.05, 0) is 31.2 Å². The van der Waals surface area contributed by atoms with Gasteiger partial charge in [-0.25, -0.2) is 9.59 Å². The molecule has 0 radical (unpaired) electrons. The minimum Gasteiger partial charge on any atom is -0.492 e. The molecule has 38 heavy (non-hydrogen) atoms. The molecule has 9 nitrogen and oxygen atoms in total. The quantitative estimate of drug-likeness (QED) is 0.467. The van der Waals surface area contributed by atoms with Crippen LogP contribution < -0.4 is 4.74 Å². The van der Waals surface area contributed by atoms with Gasteiger partial charge in [-0.2, -0.15) is 31.4 Å².